The van der Waals surface area contributed by atoms with Gasteiger partial charge in [0.2, 0.25) is 0 Å². The molecule has 0 N–H and O–H groups in total. The summed E-state index contributed by atoms with van der Waals surface area (Å²) in [5.74, 6) is 1.20. The molecular weight excluding hydrogens is 434 g/mol. The Balaban J connectivity index is 1.29. The minimum atomic E-state index is -4.38. The number of alkyl halides is 3. The molecule has 1 aromatic carbocycles. The second-order valence-corrected chi connectivity index (χ2v) is 8.46. The molecule has 3 aromatic rings. The van der Waals surface area contributed by atoms with Crippen molar-refractivity contribution in [2.45, 2.75) is 31.9 Å². The molecule has 1 aliphatic heterocycles. The van der Waals surface area contributed by atoms with Crippen molar-refractivity contribution in [1.29, 1.82) is 0 Å². The van der Waals surface area contributed by atoms with Gasteiger partial charge in [0, 0.05) is 44.4 Å². The van der Waals surface area contributed by atoms with Crippen molar-refractivity contribution in [2.24, 2.45) is 0 Å². The highest BCUT2D eigenvalue weighted by atomic mass is 19.4. The zero-order valence-corrected chi connectivity index (χ0v) is 17.9. The summed E-state index contributed by atoms with van der Waals surface area (Å²) >= 11 is 0. The summed E-state index contributed by atoms with van der Waals surface area (Å²) in [6, 6.07) is 8.99. The highest BCUT2D eigenvalue weighted by Gasteiger charge is 2.31. The minimum Gasteiger partial charge on any atom is -0.353 e. The summed E-state index contributed by atoms with van der Waals surface area (Å²) in [5.41, 5.74) is 3.70. The standard InChI is InChI=1S/C24H23F4N5/c25-18-7-4-16(5-8-18)14-21-19-2-1-3-20(19)23(31-30-21)33-12-10-32(11-13-33)22-9-6-17(15-29-22)24(26,27)28/h4-9,15H,1-3,10-14H2. The number of rotatable bonds is 4. The van der Waals surface area contributed by atoms with Gasteiger partial charge in [0.25, 0.3) is 0 Å². The Morgan fingerprint density at radius 1 is 0.818 bits per heavy atom. The lowest BCUT2D eigenvalue weighted by Gasteiger charge is -2.36. The summed E-state index contributed by atoms with van der Waals surface area (Å²) < 4.78 is 51.6. The van der Waals surface area contributed by atoms with Crippen molar-refractivity contribution in [3.05, 3.63) is 76.4 Å². The fourth-order valence-corrected chi connectivity index (χ4v) is 4.62. The maximum Gasteiger partial charge on any atom is 0.417 e. The minimum absolute atomic E-state index is 0.254. The van der Waals surface area contributed by atoms with Crippen molar-refractivity contribution in [3.8, 4) is 0 Å². The van der Waals surface area contributed by atoms with Crippen LogP contribution in [0, 0.1) is 5.82 Å². The fraction of sp³-hybridized carbons (Fsp3) is 0.375. The van der Waals surface area contributed by atoms with E-state index in [0.29, 0.717) is 38.4 Å². The monoisotopic (exact) mass is 457 g/mol. The van der Waals surface area contributed by atoms with E-state index in [-0.39, 0.29) is 5.82 Å². The van der Waals surface area contributed by atoms with Gasteiger partial charge in [0.05, 0.1) is 11.3 Å². The number of nitrogens with zero attached hydrogens (tertiary/aromatic N) is 5. The van der Waals surface area contributed by atoms with Crippen molar-refractivity contribution in [1.82, 2.24) is 15.2 Å². The van der Waals surface area contributed by atoms with E-state index in [1.54, 1.807) is 12.1 Å². The van der Waals surface area contributed by atoms with E-state index >= 15 is 0 Å². The van der Waals surface area contributed by atoms with Crippen LogP contribution in [0.2, 0.25) is 0 Å². The van der Waals surface area contributed by atoms with Gasteiger partial charge in [-0.25, -0.2) is 9.37 Å². The average Bonchev–Trinajstić information content (AvgIpc) is 3.31. The number of pyridine rings is 1. The van der Waals surface area contributed by atoms with E-state index in [1.807, 2.05) is 4.90 Å². The lowest BCUT2D eigenvalue weighted by molar-refractivity contribution is -0.137. The van der Waals surface area contributed by atoms with Gasteiger partial charge in [-0.3, -0.25) is 0 Å². The van der Waals surface area contributed by atoms with Gasteiger partial charge in [-0.15, -0.1) is 5.10 Å². The van der Waals surface area contributed by atoms with Crippen molar-refractivity contribution in [3.63, 3.8) is 0 Å². The molecule has 0 radical (unpaired) electrons. The van der Waals surface area contributed by atoms with E-state index in [1.165, 1.54) is 29.3 Å². The van der Waals surface area contributed by atoms with Crippen LogP contribution in [0.5, 0.6) is 0 Å². The average molecular weight is 457 g/mol. The van der Waals surface area contributed by atoms with E-state index in [2.05, 4.69) is 20.1 Å². The van der Waals surface area contributed by atoms with Crippen LogP contribution in [0.3, 0.4) is 0 Å². The van der Waals surface area contributed by atoms with Crippen LogP contribution in [-0.4, -0.2) is 41.4 Å². The number of hydrogen-bond acceptors (Lipinski definition) is 5. The third-order valence-electron chi connectivity index (χ3n) is 6.36. The number of anilines is 2. The number of aromatic nitrogens is 3. The number of benzene rings is 1. The Hall–Kier alpha value is -3.23. The van der Waals surface area contributed by atoms with Crippen molar-refractivity contribution < 1.29 is 17.6 Å². The molecule has 2 aliphatic rings. The van der Waals surface area contributed by atoms with Crippen molar-refractivity contribution >= 4 is 11.6 Å². The summed E-state index contributed by atoms with van der Waals surface area (Å²) in [6.07, 6.45) is 0.109. The Bertz CT molecular complexity index is 1120. The third-order valence-corrected chi connectivity index (χ3v) is 6.36. The quantitative estimate of drug-likeness (QED) is 0.543. The third kappa shape index (κ3) is 4.49. The Labute approximate surface area is 189 Å². The molecule has 172 valence electrons. The van der Waals surface area contributed by atoms with E-state index < -0.39 is 11.7 Å². The van der Waals surface area contributed by atoms with E-state index in [0.717, 1.165) is 48.6 Å². The van der Waals surface area contributed by atoms with Crippen LogP contribution < -0.4 is 9.80 Å². The van der Waals surface area contributed by atoms with E-state index in [9.17, 15) is 17.6 Å². The Morgan fingerprint density at radius 3 is 2.18 bits per heavy atom. The van der Waals surface area contributed by atoms with Gasteiger partial charge in [0.15, 0.2) is 5.82 Å². The first-order valence-corrected chi connectivity index (χ1v) is 11.0. The Kier molecular flexibility index (Phi) is 5.64. The summed E-state index contributed by atoms with van der Waals surface area (Å²) in [5, 5.41) is 9.10. The molecule has 0 spiro atoms. The first-order chi connectivity index (χ1) is 15.9. The second kappa shape index (κ2) is 8.61. The maximum atomic E-state index is 13.2. The topological polar surface area (TPSA) is 45.2 Å². The number of piperazine rings is 1. The fourth-order valence-electron chi connectivity index (χ4n) is 4.62. The summed E-state index contributed by atoms with van der Waals surface area (Å²) in [6.45, 7) is 2.68. The molecule has 0 bridgehead atoms. The maximum absolute atomic E-state index is 13.2. The molecule has 33 heavy (non-hydrogen) atoms. The molecule has 3 heterocycles. The van der Waals surface area contributed by atoms with Gasteiger partial charge in [-0.2, -0.15) is 18.3 Å². The lowest BCUT2D eigenvalue weighted by Crippen LogP contribution is -2.47. The zero-order valence-electron chi connectivity index (χ0n) is 17.9. The van der Waals surface area contributed by atoms with Crippen LogP contribution in [0.1, 0.15) is 34.4 Å². The lowest BCUT2D eigenvalue weighted by atomic mass is 10.0. The van der Waals surface area contributed by atoms with Gasteiger partial charge < -0.3 is 9.80 Å². The first-order valence-electron chi connectivity index (χ1n) is 11.0. The van der Waals surface area contributed by atoms with Crippen LogP contribution in [-0.2, 0) is 25.4 Å². The van der Waals surface area contributed by atoms with E-state index in [4.69, 9.17) is 0 Å². The van der Waals surface area contributed by atoms with Gasteiger partial charge in [-0.1, -0.05) is 12.1 Å². The van der Waals surface area contributed by atoms with Gasteiger partial charge >= 0.3 is 6.18 Å². The van der Waals surface area contributed by atoms with Crippen LogP contribution in [0.15, 0.2) is 42.6 Å². The smallest absolute Gasteiger partial charge is 0.353 e. The van der Waals surface area contributed by atoms with Gasteiger partial charge in [-0.05, 0) is 54.7 Å². The highest BCUT2D eigenvalue weighted by molar-refractivity contribution is 5.55. The highest BCUT2D eigenvalue weighted by Crippen LogP contribution is 2.33. The normalized spacial score (nSPS) is 16.2. The number of hydrogen-bond donors (Lipinski definition) is 0. The zero-order chi connectivity index (χ0) is 23.0. The first kappa shape index (κ1) is 21.6. The molecule has 9 heteroatoms. The molecule has 2 aromatic heterocycles. The molecule has 1 fully saturated rings. The summed E-state index contributed by atoms with van der Waals surface area (Å²) in [7, 11) is 0. The molecule has 0 unspecified atom stereocenters. The number of fused-ring (bicyclic) bond motifs is 1. The van der Waals surface area contributed by atoms with Crippen molar-refractivity contribution in [2.75, 3.05) is 36.0 Å². The SMILES string of the molecule is Fc1ccc(Cc2nnc(N3CCN(c4ccc(C(F)(F)F)cn4)CC3)c3c2CCC3)cc1. The Morgan fingerprint density at radius 2 is 1.52 bits per heavy atom. The van der Waals surface area contributed by atoms with Crippen LogP contribution >= 0.6 is 0 Å². The molecule has 1 saturated heterocycles. The molecule has 0 amide bonds. The molecule has 5 rings (SSSR count). The van der Waals surface area contributed by atoms with Crippen LogP contribution in [0.4, 0.5) is 29.2 Å². The molecular formula is C24H23F4N5. The second-order valence-electron chi connectivity index (χ2n) is 8.46. The predicted octanol–water partition coefficient (Wildman–Crippen LogP) is 4.44. The molecule has 0 saturated carbocycles. The largest absolute Gasteiger partial charge is 0.417 e. The molecule has 5 nitrogen and oxygen atoms in total. The number of halogens is 4. The van der Waals surface area contributed by atoms with Crippen LogP contribution in [0.25, 0.3) is 0 Å². The predicted molar refractivity (Wildman–Crippen MR) is 117 cm³/mol. The molecule has 0 atom stereocenters. The van der Waals surface area contributed by atoms with Gasteiger partial charge in [0.1, 0.15) is 11.6 Å². The molecule has 1 aliphatic carbocycles. The summed E-state index contributed by atoms with van der Waals surface area (Å²) in [4.78, 5) is 8.22.